The SMILES string of the molecule is Cc1ccc(Br)c(OCCN2CCN(C(=O)OC(C)(C)C)[C@H](C)C2)c1. The first-order valence-electron chi connectivity index (χ1n) is 8.76. The van der Waals surface area contributed by atoms with E-state index in [2.05, 4.69) is 40.7 Å². The molecule has 140 valence electrons. The van der Waals surface area contributed by atoms with Crippen molar-refractivity contribution in [3.05, 3.63) is 28.2 Å². The van der Waals surface area contributed by atoms with Crippen LogP contribution in [0.15, 0.2) is 22.7 Å². The van der Waals surface area contributed by atoms with Crippen LogP contribution in [-0.2, 0) is 4.74 Å². The number of hydrogen-bond acceptors (Lipinski definition) is 4. The molecule has 1 aromatic rings. The summed E-state index contributed by atoms with van der Waals surface area (Å²) in [4.78, 5) is 16.4. The molecule has 5 nitrogen and oxygen atoms in total. The maximum atomic E-state index is 12.3. The topological polar surface area (TPSA) is 42.0 Å². The number of benzene rings is 1. The second kappa shape index (κ2) is 8.41. The molecule has 0 bridgehead atoms. The number of carbonyl (C=O) groups is 1. The summed E-state index contributed by atoms with van der Waals surface area (Å²) < 4.78 is 12.4. The van der Waals surface area contributed by atoms with Crippen molar-refractivity contribution in [2.75, 3.05) is 32.8 Å². The summed E-state index contributed by atoms with van der Waals surface area (Å²) in [6, 6.07) is 6.22. The van der Waals surface area contributed by atoms with E-state index in [4.69, 9.17) is 9.47 Å². The highest BCUT2D eigenvalue weighted by Crippen LogP contribution is 2.25. The molecule has 6 heteroatoms. The highest BCUT2D eigenvalue weighted by molar-refractivity contribution is 9.10. The molecule has 25 heavy (non-hydrogen) atoms. The van der Waals surface area contributed by atoms with Crippen LogP contribution in [0.4, 0.5) is 4.79 Å². The summed E-state index contributed by atoms with van der Waals surface area (Å²) in [5.74, 6) is 0.875. The standard InChI is InChI=1S/C19H29BrN2O3/c1-14-6-7-16(20)17(12-14)24-11-10-21-8-9-22(15(2)13-21)18(23)25-19(3,4)5/h6-7,12,15H,8-11,13H2,1-5H3/t15-/m1/s1. The number of amides is 1. The molecule has 1 aliphatic heterocycles. The number of carbonyl (C=O) groups excluding carboxylic acids is 1. The molecule has 1 aliphatic rings. The van der Waals surface area contributed by atoms with E-state index in [1.165, 1.54) is 5.56 Å². The number of nitrogens with zero attached hydrogens (tertiary/aromatic N) is 2. The van der Waals surface area contributed by atoms with Gasteiger partial charge in [-0.3, -0.25) is 4.90 Å². The molecule has 0 spiro atoms. The van der Waals surface area contributed by atoms with Crippen molar-refractivity contribution < 1.29 is 14.3 Å². The van der Waals surface area contributed by atoms with Crippen molar-refractivity contribution in [1.82, 2.24) is 9.80 Å². The lowest BCUT2D eigenvalue weighted by atomic mass is 10.2. The van der Waals surface area contributed by atoms with E-state index in [1.807, 2.05) is 37.8 Å². The smallest absolute Gasteiger partial charge is 0.410 e. The average Bonchev–Trinajstić information content (AvgIpc) is 2.49. The Hall–Kier alpha value is -1.27. The summed E-state index contributed by atoms with van der Waals surface area (Å²) in [5, 5.41) is 0. The summed E-state index contributed by atoms with van der Waals surface area (Å²) in [6.07, 6.45) is -0.223. The minimum atomic E-state index is -0.455. The Kier molecular flexibility index (Phi) is 6.74. The zero-order valence-corrected chi connectivity index (χ0v) is 17.4. The minimum Gasteiger partial charge on any atom is -0.491 e. The molecule has 0 saturated carbocycles. The highest BCUT2D eigenvalue weighted by Gasteiger charge is 2.30. The van der Waals surface area contributed by atoms with Crippen LogP contribution in [0, 0.1) is 6.92 Å². The molecule has 1 aromatic carbocycles. The number of ether oxygens (including phenoxy) is 2. The maximum Gasteiger partial charge on any atom is 0.410 e. The highest BCUT2D eigenvalue weighted by atomic mass is 79.9. The van der Waals surface area contributed by atoms with Gasteiger partial charge in [0.05, 0.1) is 4.47 Å². The largest absolute Gasteiger partial charge is 0.491 e. The predicted octanol–water partition coefficient (Wildman–Crippen LogP) is 4.08. The Morgan fingerprint density at radius 1 is 1.32 bits per heavy atom. The van der Waals surface area contributed by atoms with Gasteiger partial charge in [-0.05, 0) is 68.2 Å². The van der Waals surface area contributed by atoms with Crippen LogP contribution in [0.5, 0.6) is 5.75 Å². The van der Waals surface area contributed by atoms with Gasteiger partial charge in [-0.1, -0.05) is 6.07 Å². The third-order valence-corrected chi connectivity index (χ3v) is 4.75. The molecule has 1 amide bonds. The summed E-state index contributed by atoms with van der Waals surface area (Å²) >= 11 is 3.52. The van der Waals surface area contributed by atoms with Gasteiger partial charge in [0.25, 0.3) is 0 Å². The van der Waals surface area contributed by atoms with E-state index >= 15 is 0 Å². The molecule has 0 aliphatic carbocycles. The van der Waals surface area contributed by atoms with Gasteiger partial charge in [-0.15, -0.1) is 0 Å². The van der Waals surface area contributed by atoms with Gasteiger partial charge in [-0.2, -0.15) is 0 Å². The van der Waals surface area contributed by atoms with Gasteiger partial charge in [0.1, 0.15) is 18.0 Å². The molecule has 0 radical (unpaired) electrons. The Balaban J connectivity index is 1.79. The van der Waals surface area contributed by atoms with E-state index < -0.39 is 5.60 Å². The zero-order chi connectivity index (χ0) is 18.6. The number of piperazine rings is 1. The molecule has 1 atom stereocenters. The zero-order valence-electron chi connectivity index (χ0n) is 15.8. The van der Waals surface area contributed by atoms with Crippen molar-refractivity contribution in [3.63, 3.8) is 0 Å². The number of rotatable bonds is 4. The van der Waals surface area contributed by atoms with E-state index in [0.717, 1.165) is 29.9 Å². The quantitative estimate of drug-likeness (QED) is 0.746. The third-order valence-electron chi connectivity index (χ3n) is 4.09. The van der Waals surface area contributed by atoms with Gasteiger partial charge < -0.3 is 14.4 Å². The van der Waals surface area contributed by atoms with Crippen molar-refractivity contribution in [3.8, 4) is 5.75 Å². The lowest BCUT2D eigenvalue weighted by molar-refractivity contribution is 0.000353. The molecule has 0 aromatic heterocycles. The van der Waals surface area contributed by atoms with Crippen molar-refractivity contribution >= 4 is 22.0 Å². The second-order valence-corrected chi connectivity index (χ2v) is 8.46. The van der Waals surface area contributed by atoms with Gasteiger partial charge in [0.15, 0.2) is 0 Å². The Labute approximate surface area is 159 Å². The third kappa shape index (κ3) is 6.19. The van der Waals surface area contributed by atoms with Crippen LogP contribution in [0.25, 0.3) is 0 Å². The minimum absolute atomic E-state index is 0.134. The fourth-order valence-corrected chi connectivity index (χ4v) is 3.19. The molecular formula is C19H29BrN2O3. The Morgan fingerprint density at radius 2 is 2.04 bits per heavy atom. The number of hydrogen-bond donors (Lipinski definition) is 0. The van der Waals surface area contributed by atoms with Crippen LogP contribution < -0.4 is 4.74 Å². The summed E-state index contributed by atoms with van der Waals surface area (Å²) in [5.41, 5.74) is 0.723. The second-order valence-electron chi connectivity index (χ2n) is 7.61. The van der Waals surface area contributed by atoms with Crippen molar-refractivity contribution in [1.29, 1.82) is 0 Å². The molecule has 2 rings (SSSR count). The molecule has 1 fully saturated rings. The van der Waals surface area contributed by atoms with Crippen LogP contribution in [-0.4, -0.2) is 60.3 Å². The maximum absolute atomic E-state index is 12.3. The molecule has 1 heterocycles. The molecule has 1 saturated heterocycles. The van der Waals surface area contributed by atoms with Crippen LogP contribution in [0.2, 0.25) is 0 Å². The monoisotopic (exact) mass is 412 g/mol. The predicted molar refractivity (Wildman–Crippen MR) is 103 cm³/mol. The fraction of sp³-hybridized carbons (Fsp3) is 0.632. The van der Waals surface area contributed by atoms with Crippen molar-refractivity contribution in [2.24, 2.45) is 0 Å². The van der Waals surface area contributed by atoms with Gasteiger partial charge >= 0.3 is 6.09 Å². The van der Waals surface area contributed by atoms with Crippen molar-refractivity contribution in [2.45, 2.75) is 46.3 Å². The Bertz CT molecular complexity index is 601. The first-order chi connectivity index (χ1) is 11.7. The van der Waals surface area contributed by atoms with Gasteiger partial charge in [-0.25, -0.2) is 4.79 Å². The van der Waals surface area contributed by atoms with E-state index in [9.17, 15) is 4.79 Å². The molecule has 0 unspecified atom stereocenters. The Morgan fingerprint density at radius 3 is 2.68 bits per heavy atom. The van der Waals surface area contributed by atoms with Crippen LogP contribution >= 0.6 is 15.9 Å². The lowest BCUT2D eigenvalue weighted by Crippen LogP contribution is -2.55. The summed E-state index contributed by atoms with van der Waals surface area (Å²) in [7, 11) is 0. The average molecular weight is 413 g/mol. The van der Waals surface area contributed by atoms with E-state index in [0.29, 0.717) is 13.2 Å². The lowest BCUT2D eigenvalue weighted by Gasteiger charge is -2.40. The number of aryl methyl sites for hydroxylation is 1. The van der Waals surface area contributed by atoms with Gasteiger partial charge in [0.2, 0.25) is 0 Å². The fourth-order valence-electron chi connectivity index (χ4n) is 2.83. The van der Waals surface area contributed by atoms with E-state index in [1.54, 1.807) is 0 Å². The van der Waals surface area contributed by atoms with Crippen LogP contribution in [0.3, 0.4) is 0 Å². The first-order valence-corrected chi connectivity index (χ1v) is 9.56. The molecular weight excluding hydrogens is 384 g/mol. The van der Waals surface area contributed by atoms with E-state index in [-0.39, 0.29) is 12.1 Å². The van der Waals surface area contributed by atoms with Crippen LogP contribution in [0.1, 0.15) is 33.3 Å². The van der Waals surface area contributed by atoms with Gasteiger partial charge in [0, 0.05) is 32.2 Å². The molecule has 0 N–H and O–H groups in total. The first kappa shape index (κ1) is 20.0. The normalized spacial score (nSPS) is 19.0. The summed E-state index contributed by atoms with van der Waals surface area (Å²) in [6.45, 7) is 13.6. The number of halogens is 1.